The molecule has 7 unspecified atom stereocenters. The monoisotopic (exact) mass is 429 g/mol. The molecule has 4 aliphatic rings. The Balaban J connectivity index is 1.63. The van der Waals surface area contributed by atoms with Gasteiger partial charge in [0, 0.05) is 18.1 Å². The van der Waals surface area contributed by atoms with E-state index in [2.05, 4.69) is 24.1 Å². The summed E-state index contributed by atoms with van der Waals surface area (Å²) >= 11 is 0. The first-order valence-electron chi connectivity index (χ1n) is 11.5. The minimum atomic E-state index is -1.11. The number of carbonyl (C=O) groups excluding carboxylic acids is 3. The summed E-state index contributed by atoms with van der Waals surface area (Å²) in [4.78, 5) is 41.7. The van der Waals surface area contributed by atoms with Crippen molar-refractivity contribution in [2.24, 2.45) is 17.8 Å². The molecule has 0 radical (unpaired) electrons. The second-order valence-corrected chi connectivity index (χ2v) is 10.6. The molecule has 7 atom stereocenters. The molecule has 1 spiro atoms. The van der Waals surface area contributed by atoms with Crippen molar-refractivity contribution in [2.75, 3.05) is 6.54 Å². The summed E-state index contributed by atoms with van der Waals surface area (Å²) in [5, 5.41) is 6.20. The molecule has 7 nitrogen and oxygen atoms in total. The lowest BCUT2D eigenvalue weighted by molar-refractivity contribution is -0.142. The number of hydrogen-bond donors (Lipinski definition) is 2. The highest BCUT2D eigenvalue weighted by Crippen LogP contribution is 2.55. The zero-order valence-corrected chi connectivity index (χ0v) is 19.0. The van der Waals surface area contributed by atoms with Gasteiger partial charge in [-0.05, 0) is 39.5 Å². The third-order valence-corrected chi connectivity index (χ3v) is 7.19. The van der Waals surface area contributed by atoms with Gasteiger partial charge in [0.25, 0.3) is 0 Å². The van der Waals surface area contributed by atoms with Crippen molar-refractivity contribution in [1.29, 1.82) is 0 Å². The van der Waals surface area contributed by atoms with Crippen molar-refractivity contribution in [3.8, 4) is 0 Å². The van der Waals surface area contributed by atoms with E-state index in [9.17, 15) is 14.4 Å². The molecule has 3 heterocycles. The summed E-state index contributed by atoms with van der Waals surface area (Å²) < 4.78 is 6.30. The number of likely N-dealkylation sites (tertiary alicyclic amines) is 1. The second kappa shape index (κ2) is 7.76. The topological polar surface area (TPSA) is 87.7 Å². The number of carbonyl (C=O) groups is 3. The molecule has 170 valence electrons. The summed E-state index contributed by atoms with van der Waals surface area (Å²) in [5.74, 6) is -1.51. The molecule has 2 N–H and O–H groups in total. The van der Waals surface area contributed by atoms with Crippen LogP contribution >= 0.6 is 0 Å². The number of amides is 3. The predicted octanol–water partition coefficient (Wildman–Crippen LogP) is 1.93. The van der Waals surface area contributed by atoms with Gasteiger partial charge < -0.3 is 20.3 Å². The van der Waals surface area contributed by atoms with E-state index in [4.69, 9.17) is 4.74 Å². The van der Waals surface area contributed by atoms with Gasteiger partial charge in [0.05, 0.1) is 17.9 Å². The van der Waals surface area contributed by atoms with Crippen molar-refractivity contribution in [1.82, 2.24) is 15.5 Å². The van der Waals surface area contributed by atoms with E-state index in [1.807, 2.05) is 32.9 Å². The molecule has 2 bridgehead atoms. The van der Waals surface area contributed by atoms with Crippen molar-refractivity contribution < 1.29 is 19.1 Å². The van der Waals surface area contributed by atoms with Crippen LogP contribution in [0.5, 0.6) is 0 Å². The number of ether oxygens (including phenoxy) is 1. The van der Waals surface area contributed by atoms with E-state index in [0.717, 1.165) is 19.3 Å². The number of nitrogens with zero attached hydrogens (tertiary/aromatic N) is 1. The van der Waals surface area contributed by atoms with E-state index >= 15 is 0 Å². The van der Waals surface area contributed by atoms with Gasteiger partial charge in [-0.3, -0.25) is 14.4 Å². The van der Waals surface area contributed by atoms with E-state index in [-0.39, 0.29) is 30.3 Å². The van der Waals surface area contributed by atoms with Crippen LogP contribution in [0.2, 0.25) is 0 Å². The molecule has 1 aliphatic carbocycles. The fourth-order valence-electron chi connectivity index (χ4n) is 5.85. The van der Waals surface area contributed by atoms with Gasteiger partial charge in [0.2, 0.25) is 17.7 Å². The molecule has 0 aromatic rings. The molecule has 0 aromatic carbocycles. The molecule has 0 aromatic heterocycles. The Hall–Kier alpha value is -2.15. The van der Waals surface area contributed by atoms with Crippen LogP contribution in [0, 0.1) is 17.8 Å². The van der Waals surface area contributed by atoms with Gasteiger partial charge in [-0.2, -0.15) is 0 Å². The Morgan fingerprint density at radius 2 is 2.00 bits per heavy atom. The Bertz CT molecular complexity index is 816. The van der Waals surface area contributed by atoms with Gasteiger partial charge in [0.1, 0.15) is 11.6 Å². The third-order valence-electron chi connectivity index (χ3n) is 7.19. The zero-order chi connectivity index (χ0) is 22.6. The summed E-state index contributed by atoms with van der Waals surface area (Å²) in [7, 11) is 0. The molecule has 3 fully saturated rings. The van der Waals surface area contributed by atoms with Gasteiger partial charge in [-0.15, -0.1) is 6.58 Å². The number of fused-ring (bicyclic) bond motifs is 1. The first-order chi connectivity index (χ1) is 14.6. The highest BCUT2D eigenvalue weighted by Gasteiger charge is 2.72. The lowest BCUT2D eigenvalue weighted by atomic mass is 9.73. The number of hydrogen-bond acceptors (Lipinski definition) is 4. The van der Waals surface area contributed by atoms with Crippen molar-refractivity contribution in [3.63, 3.8) is 0 Å². The van der Waals surface area contributed by atoms with E-state index < -0.39 is 35.1 Å². The minimum Gasteiger partial charge on any atom is -0.359 e. The summed E-state index contributed by atoms with van der Waals surface area (Å²) in [6.07, 6.45) is 9.18. The Labute approximate surface area is 184 Å². The highest BCUT2D eigenvalue weighted by atomic mass is 16.5. The fourth-order valence-corrected chi connectivity index (χ4v) is 5.85. The molecule has 1 saturated carbocycles. The van der Waals surface area contributed by atoms with Crippen LogP contribution in [0.4, 0.5) is 0 Å². The third kappa shape index (κ3) is 3.60. The average Bonchev–Trinajstić information content (AvgIpc) is 3.30. The average molecular weight is 430 g/mol. The maximum Gasteiger partial charge on any atom is 0.246 e. The van der Waals surface area contributed by atoms with Gasteiger partial charge >= 0.3 is 0 Å². The SMILES string of the molecule is C=CCN1C(=O)C2C(C(=O)NC3CCCCC3C)C3C=CC2(O3)C1C(=O)NC(C)(C)C. The first-order valence-corrected chi connectivity index (χ1v) is 11.5. The molecule has 4 rings (SSSR count). The summed E-state index contributed by atoms with van der Waals surface area (Å²) in [5.41, 5.74) is -1.57. The standard InChI is InChI=1S/C24H35N3O4/c1-6-13-27-19(21(29)26-23(3,4)5)24-12-11-16(31-24)17(18(24)22(27)30)20(28)25-15-10-8-7-9-14(15)2/h6,11-12,14-19H,1,7-10,13H2,2-5H3,(H,25,28)(H,26,29). The molecule has 3 aliphatic heterocycles. The first kappa shape index (κ1) is 22.1. The van der Waals surface area contributed by atoms with Crippen LogP contribution in [-0.4, -0.2) is 58.5 Å². The number of nitrogens with one attached hydrogen (secondary N) is 2. The maximum absolute atomic E-state index is 13.5. The Morgan fingerprint density at radius 1 is 1.29 bits per heavy atom. The van der Waals surface area contributed by atoms with Crippen molar-refractivity contribution >= 4 is 17.7 Å². The van der Waals surface area contributed by atoms with Crippen LogP contribution in [0.25, 0.3) is 0 Å². The largest absolute Gasteiger partial charge is 0.359 e. The van der Waals surface area contributed by atoms with E-state index in [0.29, 0.717) is 5.92 Å². The number of rotatable bonds is 5. The molecule has 3 amide bonds. The Morgan fingerprint density at radius 3 is 2.65 bits per heavy atom. The summed E-state index contributed by atoms with van der Waals surface area (Å²) in [6.45, 7) is 11.9. The molecule has 31 heavy (non-hydrogen) atoms. The molecular formula is C24H35N3O4. The normalized spacial score (nSPS) is 38.8. The maximum atomic E-state index is 13.5. The Kier molecular flexibility index (Phi) is 5.53. The molecular weight excluding hydrogens is 394 g/mol. The zero-order valence-electron chi connectivity index (χ0n) is 19.0. The van der Waals surface area contributed by atoms with Crippen LogP contribution < -0.4 is 10.6 Å². The van der Waals surface area contributed by atoms with E-state index in [1.54, 1.807) is 6.08 Å². The second-order valence-electron chi connectivity index (χ2n) is 10.6. The smallest absolute Gasteiger partial charge is 0.246 e. The molecule has 7 heteroatoms. The minimum absolute atomic E-state index is 0.126. The van der Waals surface area contributed by atoms with Crippen LogP contribution in [-0.2, 0) is 19.1 Å². The van der Waals surface area contributed by atoms with Crippen molar-refractivity contribution in [2.45, 2.75) is 82.7 Å². The van der Waals surface area contributed by atoms with Crippen LogP contribution in [0.1, 0.15) is 53.4 Å². The lowest BCUT2D eigenvalue weighted by Crippen LogP contribution is -2.58. The fraction of sp³-hybridized carbons (Fsp3) is 0.708. The lowest BCUT2D eigenvalue weighted by Gasteiger charge is -2.34. The van der Waals surface area contributed by atoms with Crippen LogP contribution in [0.3, 0.4) is 0 Å². The predicted molar refractivity (Wildman–Crippen MR) is 117 cm³/mol. The highest BCUT2D eigenvalue weighted by molar-refractivity contribution is 6.00. The van der Waals surface area contributed by atoms with Gasteiger partial charge in [-0.25, -0.2) is 0 Å². The molecule has 2 saturated heterocycles. The van der Waals surface area contributed by atoms with Gasteiger partial charge in [0.15, 0.2) is 0 Å². The van der Waals surface area contributed by atoms with Gasteiger partial charge in [-0.1, -0.05) is 38.0 Å². The summed E-state index contributed by atoms with van der Waals surface area (Å²) in [6, 6.07) is -0.698. The van der Waals surface area contributed by atoms with E-state index in [1.165, 1.54) is 11.3 Å². The van der Waals surface area contributed by atoms with Crippen molar-refractivity contribution in [3.05, 3.63) is 24.8 Å². The van der Waals surface area contributed by atoms with Crippen LogP contribution in [0.15, 0.2) is 24.8 Å². The quantitative estimate of drug-likeness (QED) is 0.654.